The Bertz CT molecular complexity index is 3600. The average Bonchev–Trinajstić information content (AvgIpc) is 3.89. The molecule has 2 nitrogen and oxygen atoms in total. The molecule has 1 unspecified atom stereocenters. The first-order valence-electron chi connectivity index (χ1n) is 22.0. The van der Waals surface area contributed by atoms with E-state index in [0.29, 0.717) is 5.92 Å². The van der Waals surface area contributed by atoms with Gasteiger partial charge in [-0.25, -0.2) is 0 Å². The highest BCUT2D eigenvalue weighted by molar-refractivity contribution is 6.15. The van der Waals surface area contributed by atoms with E-state index >= 15 is 0 Å². The van der Waals surface area contributed by atoms with Crippen LogP contribution in [0.1, 0.15) is 54.0 Å². The summed E-state index contributed by atoms with van der Waals surface area (Å²) in [5.41, 5.74) is 22.4. The maximum absolute atomic E-state index is 6.63. The van der Waals surface area contributed by atoms with Gasteiger partial charge in [-0.3, -0.25) is 0 Å². The predicted octanol–water partition coefficient (Wildman–Crippen LogP) is 16.1. The molecule has 0 spiro atoms. The highest BCUT2D eigenvalue weighted by atomic mass is 16.3. The van der Waals surface area contributed by atoms with Crippen LogP contribution in [-0.2, 0) is 11.8 Å². The van der Waals surface area contributed by atoms with Gasteiger partial charge >= 0.3 is 0 Å². The lowest BCUT2D eigenvalue weighted by molar-refractivity contribution is 0.661. The van der Waals surface area contributed by atoms with E-state index in [9.17, 15) is 0 Å². The molecular formula is C60H43NO. The minimum absolute atomic E-state index is 0.0850. The lowest BCUT2D eigenvalue weighted by Gasteiger charge is -2.21. The molecule has 1 atom stereocenters. The van der Waals surface area contributed by atoms with E-state index in [1.807, 2.05) is 0 Å². The Morgan fingerprint density at radius 3 is 2.02 bits per heavy atom. The van der Waals surface area contributed by atoms with Gasteiger partial charge in [-0.2, -0.15) is 0 Å². The van der Waals surface area contributed by atoms with Crippen LogP contribution < -0.4 is 0 Å². The third kappa shape index (κ3) is 5.16. The second-order valence-electron chi connectivity index (χ2n) is 17.9. The number of rotatable bonds is 4. The minimum Gasteiger partial charge on any atom is -0.456 e. The zero-order valence-corrected chi connectivity index (χ0v) is 34.8. The second-order valence-corrected chi connectivity index (χ2v) is 17.9. The van der Waals surface area contributed by atoms with E-state index in [1.54, 1.807) is 0 Å². The zero-order chi connectivity index (χ0) is 41.1. The Hall–Kier alpha value is -7.42. The molecule has 2 aliphatic carbocycles. The van der Waals surface area contributed by atoms with Crippen molar-refractivity contribution >= 4 is 43.7 Å². The molecule has 2 heterocycles. The van der Waals surface area contributed by atoms with Crippen LogP contribution in [-0.4, -0.2) is 4.57 Å². The first-order valence-corrected chi connectivity index (χ1v) is 22.0. The molecule has 0 saturated heterocycles. The van der Waals surface area contributed by atoms with Crippen molar-refractivity contribution in [2.75, 3.05) is 0 Å². The largest absolute Gasteiger partial charge is 0.456 e. The van der Waals surface area contributed by atoms with Crippen molar-refractivity contribution < 1.29 is 4.42 Å². The number of para-hydroxylation sites is 1. The lowest BCUT2D eigenvalue weighted by atomic mass is 9.82. The summed E-state index contributed by atoms with van der Waals surface area (Å²) in [5.74, 6) is 0.336. The standard InChI is InChI=1S/C60H43NO/c1-60(2)53-22-12-11-20-47(53)49-35-51-50-32-39(26-30-55(50)61(56(51)36-54(49)60)42-17-7-4-8-18-42)40-27-31-57-52(33-40)59-45(21-13-23-58(59)62-57)41-25-29-46-44(37-14-5-3-6-15-37)28-24-38-16-9-10-19-43(38)48(46)34-41/h3-23,25-27,29-36,44H,24,28H2,1-2H3. The van der Waals surface area contributed by atoms with E-state index in [1.165, 1.54) is 99.8 Å². The van der Waals surface area contributed by atoms with Gasteiger partial charge in [0.05, 0.1) is 11.0 Å². The summed E-state index contributed by atoms with van der Waals surface area (Å²) in [4.78, 5) is 0. The summed E-state index contributed by atoms with van der Waals surface area (Å²) < 4.78 is 9.09. The molecule has 294 valence electrons. The number of hydrogen-bond acceptors (Lipinski definition) is 1. The number of hydrogen-bond donors (Lipinski definition) is 0. The molecule has 2 aromatic heterocycles. The van der Waals surface area contributed by atoms with E-state index in [0.717, 1.165) is 34.8 Å². The molecule has 0 amide bonds. The molecule has 0 aliphatic heterocycles. The van der Waals surface area contributed by atoms with Crippen LogP contribution in [0.25, 0.3) is 93.9 Å². The topological polar surface area (TPSA) is 18.1 Å². The van der Waals surface area contributed by atoms with E-state index in [-0.39, 0.29) is 5.41 Å². The Morgan fingerprint density at radius 2 is 1.16 bits per heavy atom. The molecule has 11 aromatic rings. The molecular weight excluding hydrogens is 751 g/mol. The SMILES string of the molecule is CC1(C)c2ccccc2-c2cc3c4cc(-c5ccc6oc7cccc(-c8ccc9c(c8)-c8ccccc8CCC9c8ccccc8)c7c6c5)ccc4n(-c4ccccc4)c3cc21. The highest BCUT2D eigenvalue weighted by Crippen LogP contribution is 2.51. The van der Waals surface area contributed by atoms with Crippen LogP contribution in [0.3, 0.4) is 0 Å². The zero-order valence-electron chi connectivity index (χ0n) is 34.8. The van der Waals surface area contributed by atoms with Crippen molar-refractivity contribution in [2.45, 2.75) is 38.0 Å². The van der Waals surface area contributed by atoms with Crippen molar-refractivity contribution in [1.82, 2.24) is 4.57 Å². The summed E-state index contributed by atoms with van der Waals surface area (Å²) in [6.07, 6.45) is 2.14. The third-order valence-corrected chi connectivity index (χ3v) is 14.3. The van der Waals surface area contributed by atoms with Gasteiger partial charge in [-0.15, -0.1) is 0 Å². The quantitative estimate of drug-likeness (QED) is 0.174. The van der Waals surface area contributed by atoms with Crippen molar-refractivity contribution in [3.05, 3.63) is 222 Å². The fraction of sp³-hybridized carbons (Fsp3) is 0.100. The summed E-state index contributed by atoms with van der Waals surface area (Å²) in [6, 6.07) is 72.2. The monoisotopic (exact) mass is 793 g/mol. The van der Waals surface area contributed by atoms with Crippen molar-refractivity contribution in [3.63, 3.8) is 0 Å². The van der Waals surface area contributed by atoms with Gasteiger partial charge in [0.1, 0.15) is 11.2 Å². The van der Waals surface area contributed by atoms with Crippen molar-refractivity contribution in [3.8, 4) is 50.2 Å². The Balaban J connectivity index is 0.986. The number of aryl methyl sites for hydroxylation is 1. The fourth-order valence-electron chi connectivity index (χ4n) is 11.2. The number of benzene rings is 9. The second kappa shape index (κ2) is 13.3. The van der Waals surface area contributed by atoms with E-state index < -0.39 is 0 Å². The predicted molar refractivity (Wildman–Crippen MR) is 259 cm³/mol. The molecule has 0 saturated carbocycles. The molecule has 0 fully saturated rings. The summed E-state index contributed by atoms with van der Waals surface area (Å²) >= 11 is 0. The molecule has 13 rings (SSSR count). The molecule has 0 N–H and O–H groups in total. The smallest absolute Gasteiger partial charge is 0.136 e. The van der Waals surface area contributed by atoms with Gasteiger partial charge in [0.2, 0.25) is 0 Å². The Labute approximate surface area is 361 Å². The van der Waals surface area contributed by atoms with Crippen LogP contribution in [0.15, 0.2) is 199 Å². The van der Waals surface area contributed by atoms with Crippen molar-refractivity contribution in [1.29, 1.82) is 0 Å². The number of aromatic nitrogens is 1. The average molecular weight is 794 g/mol. The maximum Gasteiger partial charge on any atom is 0.136 e. The molecule has 2 aliphatic rings. The van der Waals surface area contributed by atoms with Gasteiger partial charge in [-0.05, 0) is 146 Å². The van der Waals surface area contributed by atoms with Crippen LogP contribution in [0.5, 0.6) is 0 Å². The van der Waals surface area contributed by atoms with Crippen molar-refractivity contribution in [2.24, 2.45) is 0 Å². The van der Waals surface area contributed by atoms with Crippen LogP contribution in [0.2, 0.25) is 0 Å². The summed E-state index contributed by atoms with van der Waals surface area (Å²) in [7, 11) is 0. The normalized spacial score (nSPS) is 15.1. The van der Waals surface area contributed by atoms with Gasteiger partial charge in [-0.1, -0.05) is 147 Å². The molecule has 2 heteroatoms. The summed E-state index contributed by atoms with van der Waals surface area (Å²) in [6.45, 7) is 4.73. The highest BCUT2D eigenvalue weighted by Gasteiger charge is 2.36. The molecule has 9 aromatic carbocycles. The first kappa shape index (κ1) is 35.3. The Morgan fingerprint density at radius 1 is 0.468 bits per heavy atom. The fourth-order valence-corrected chi connectivity index (χ4v) is 11.2. The van der Waals surface area contributed by atoms with Gasteiger partial charge < -0.3 is 8.98 Å². The summed E-state index contributed by atoms with van der Waals surface area (Å²) in [5, 5.41) is 4.81. The maximum atomic E-state index is 6.63. The van der Waals surface area contributed by atoms with E-state index in [4.69, 9.17) is 4.42 Å². The van der Waals surface area contributed by atoms with E-state index in [2.05, 4.69) is 213 Å². The third-order valence-electron chi connectivity index (χ3n) is 14.3. The molecule has 0 radical (unpaired) electrons. The number of furan rings is 1. The van der Waals surface area contributed by atoms with Crippen LogP contribution >= 0.6 is 0 Å². The lowest BCUT2D eigenvalue weighted by Crippen LogP contribution is -2.14. The molecule has 0 bridgehead atoms. The van der Waals surface area contributed by atoms with Gasteiger partial charge in [0.15, 0.2) is 0 Å². The van der Waals surface area contributed by atoms with Gasteiger partial charge in [0.25, 0.3) is 0 Å². The molecule has 62 heavy (non-hydrogen) atoms. The van der Waals surface area contributed by atoms with Gasteiger partial charge in [0, 0.05) is 38.6 Å². The first-order chi connectivity index (χ1) is 30.5. The Kier molecular flexibility index (Phi) is 7.58. The minimum atomic E-state index is -0.0850. The number of nitrogens with zero attached hydrogens (tertiary/aromatic N) is 1. The number of fused-ring (bicyclic) bond motifs is 12. The van der Waals surface area contributed by atoms with Crippen LogP contribution in [0, 0.1) is 0 Å². The van der Waals surface area contributed by atoms with Crippen LogP contribution in [0.4, 0.5) is 0 Å².